The lowest BCUT2D eigenvalue weighted by atomic mass is 9.88. The molecule has 0 atom stereocenters. The van der Waals surface area contributed by atoms with Crippen molar-refractivity contribution in [2.24, 2.45) is 5.92 Å². The Morgan fingerprint density at radius 2 is 1.97 bits per heavy atom. The minimum absolute atomic E-state index is 0.0190. The van der Waals surface area contributed by atoms with Crippen LogP contribution in [0.25, 0.3) is 10.7 Å². The number of benzene rings is 1. The molecule has 2 aliphatic rings. The van der Waals surface area contributed by atoms with Gasteiger partial charge >= 0.3 is 0 Å². The summed E-state index contributed by atoms with van der Waals surface area (Å²) in [5.41, 5.74) is 0.696. The van der Waals surface area contributed by atoms with Crippen LogP contribution in [-0.2, 0) is 6.54 Å². The third kappa shape index (κ3) is 4.14. The quantitative estimate of drug-likeness (QED) is 0.490. The molecule has 2 aliphatic heterocycles. The van der Waals surface area contributed by atoms with Crippen molar-refractivity contribution < 1.29 is 18.8 Å². The minimum atomic E-state index is 0.0190. The summed E-state index contributed by atoms with van der Waals surface area (Å²) in [7, 11) is 0. The van der Waals surface area contributed by atoms with Crippen LogP contribution in [0.4, 0.5) is 0 Å². The molecule has 0 N–H and O–H groups in total. The topological polar surface area (TPSA) is 77.7 Å². The number of hydrogen-bond donors (Lipinski definition) is 0. The summed E-state index contributed by atoms with van der Waals surface area (Å²) in [4.78, 5) is 20.7. The van der Waals surface area contributed by atoms with Gasteiger partial charge in [-0.15, -0.1) is 11.3 Å². The molecular weight excluding hydrogens is 470 g/mol. The van der Waals surface area contributed by atoms with Gasteiger partial charge in [0, 0.05) is 21.3 Å². The van der Waals surface area contributed by atoms with E-state index in [4.69, 9.17) is 14.0 Å². The first kappa shape index (κ1) is 19.7. The van der Waals surface area contributed by atoms with Gasteiger partial charge in [0.05, 0.1) is 11.4 Å². The molecule has 4 heterocycles. The molecule has 30 heavy (non-hydrogen) atoms. The first-order valence-electron chi connectivity index (χ1n) is 9.89. The van der Waals surface area contributed by atoms with Crippen LogP contribution < -0.4 is 9.47 Å². The van der Waals surface area contributed by atoms with Crippen LogP contribution in [-0.4, -0.2) is 47.1 Å². The number of rotatable bonds is 5. The molecule has 0 amide bonds. The number of piperidine rings is 1. The SMILES string of the molecule is O=C(c1ccc2c(c1)OCCO2)C1CCN(Cc2nc(-c3cc(Br)cs3)no2)CC1. The largest absolute Gasteiger partial charge is 0.486 e. The highest BCUT2D eigenvalue weighted by Gasteiger charge is 2.27. The molecule has 0 unspecified atom stereocenters. The Hall–Kier alpha value is -2.23. The lowest BCUT2D eigenvalue weighted by Crippen LogP contribution is -2.36. The molecule has 0 aliphatic carbocycles. The molecule has 0 radical (unpaired) electrons. The first-order valence-corrected chi connectivity index (χ1v) is 11.6. The van der Waals surface area contributed by atoms with Crippen molar-refractivity contribution in [3.63, 3.8) is 0 Å². The van der Waals surface area contributed by atoms with Gasteiger partial charge in [-0.1, -0.05) is 5.16 Å². The second-order valence-corrected chi connectivity index (χ2v) is 9.24. The van der Waals surface area contributed by atoms with E-state index in [1.54, 1.807) is 11.3 Å². The molecule has 0 saturated carbocycles. The Bertz CT molecular complexity index is 1060. The number of aromatic nitrogens is 2. The number of Topliss-reactive ketones (excluding diaryl/α,β-unsaturated/α-hetero) is 1. The molecule has 3 aromatic rings. The predicted molar refractivity (Wildman–Crippen MR) is 115 cm³/mol. The van der Waals surface area contributed by atoms with Crippen LogP contribution in [0.5, 0.6) is 11.5 Å². The Morgan fingerprint density at radius 3 is 2.73 bits per heavy atom. The highest BCUT2D eigenvalue weighted by atomic mass is 79.9. The third-order valence-electron chi connectivity index (χ3n) is 5.40. The number of ketones is 1. The lowest BCUT2D eigenvalue weighted by molar-refractivity contribution is 0.0824. The maximum absolute atomic E-state index is 13.0. The van der Waals surface area contributed by atoms with Gasteiger partial charge in [0.15, 0.2) is 17.3 Å². The monoisotopic (exact) mass is 489 g/mol. The van der Waals surface area contributed by atoms with Crippen LogP contribution >= 0.6 is 27.3 Å². The highest BCUT2D eigenvalue weighted by Crippen LogP contribution is 2.33. The number of likely N-dealkylation sites (tertiary alicyclic amines) is 1. The lowest BCUT2D eigenvalue weighted by Gasteiger charge is -2.30. The fraction of sp³-hybridized carbons (Fsp3) is 0.381. The highest BCUT2D eigenvalue weighted by molar-refractivity contribution is 9.10. The van der Waals surface area contributed by atoms with Crippen molar-refractivity contribution in [3.8, 4) is 22.2 Å². The molecule has 1 fully saturated rings. The van der Waals surface area contributed by atoms with E-state index in [0.717, 1.165) is 35.3 Å². The van der Waals surface area contributed by atoms with Gasteiger partial charge in [-0.25, -0.2) is 0 Å². The van der Waals surface area contributed by atoms with Gasteiger partial charge in [-0.05, 0) is 66.1 Å². The molecule has 1 aromatic carbocycles. The molecule has 7 nitrogen and oxygen atoms in total. The first-order chi connectivity index (χ1) is 14.7. The van der Waals surface area contributed by atoms with Crippen LogP contribution in [0.2, 0.25) is 0 Å². The van der Waals surface area contributed by atoms with E-state index in [9.17, 15) is 4.79 Å². The Morgan fingerprint density at radius 1 is 1.17 bits per heavy atom. The van der Waals surface area contributed by atoms with Crippen molar-refractivity contribution >= 4 is 33.0 Å². The fourth-order valence-electron chi connectivity index (χ4n) is 3.83. The molecule has 156 valence electrons. The summed E-state index contributed by atoms with van der Waals surface area (Å²) in [5.74, 6) is 2.78. The van der Waals surface area contributed by atoms with Crippen molar-refractivity contribution in [1.82, 2.24) is 15.0 Å². The van der Waals surface area contributed by atoms with Gasteiger partial charge < -0.3 is 14.0 Å². The standard InChI is InChI=1S/C21H20BrN3O4S/c22-15-10-18(30-12-15)21-23-19(29-24-21)11-25-5-3-13(4-6-25)20(26)14-1-2-16-17(9-14)28-8-7-27-16/h1-2,9-10,12-13H,3-8,11H2. The Kier molecular flexibility index (Phi) is 5.58. The number of fused-ring (bicyclic) bond motifs is 1. The molecule has 1 saturated heterocycles. The molecule has 0 bridgehead atoms. The number of halogens is 1. The number of thiophene rings is 1. The average molecular weight is 490 g/mol. The van der Waals surface area contributed by atoms with Crippen LogP contribution in [0.15, 0.2) is 38.6 Å². The summed E-state index contributed by atoms with van der Waals surface area (Å²) >= 11 is 5.02. The Labute approximate surface area is 186 Å². The van der Waals surface area contributed by atoms with Gasteiger partial charge in [0.25, 0.3) is 0 Å². The molecular formula is C21H20BrN3O4S. The van der Waals surface area contributed by atoms with Gasteiger partial charge in [-0.2, -0.15) is 4.98 Å². The normalized spacial score (nSPS) is 17.2. The van der Waals surface area contributed by atoms with Crippen LogP contribution in [0.3, 0.4) is 0 Å². The van der Waals surface area contributed by atoms with E-state index in [-0.39, 0.29) is 11.7 Å². The van der Waals surface area contributed by atoms with E-state index in [1.807, 2.05) is 29.6 Å². The zero-order valence-electron chi connectivity index (χ0n) is 16.2. The number of ether oxygens (including phenoxy) is 2. The van der Waals surface area contributed by atoms with E-state index in [0.29, 0.717) is 48.5 Å². The minimum Gasteiger partial charge on any atom is -0.486 e. The number of carbonyl (C=O) groups excluding carboxylic acids is 1. The van der Waals surface area contributed by atoms with E-state index in [2.05, 4.69) is 31.0 Å². The zero-order valence-corrected chi connectivity index (χ0v) is 18.6. The summed E-state index contributed by atoms with van der Waals surface area (Å²) in [6.07, 6.45) is 1.62. The third-order valence-corrected chi connectivity index (χ3v) is 7.09. The van der Waals surface area contributed by atoms with Gasteiger partial charge in [0.1, 0.15) is 13.2 Å². The fourth-order valence-corrected chi connectivity index (χ4v) is 5.18. The maximum Gasteiger partial charge on any atom is 0.241 e. The number of nitrogens with zero attached hydrogens (tertiary/aromatic N) is 3. The number of carbonyl (C=O) groups is 1. The van der Waals surface area contributed by atoms with E-state index >= 15 is 0 Å². The number of hydrogen-bond acceptors (Lipinski definition) is 8. The van der Waals surface area contributed by atoms with Gasteiger partial charge in [-0.3, -0.25) is 9.69 Å². The van der Waals surface area contributed by atoms with Gasteiger partial charge in [0.2, 0.25) is 11.7 Å². The molecule has 9 heteroatoms. The summed E-state index contributed by atoms with van der Waals surface area (Å²) in [6, 6.07) is 7.46. The Balaban J connectivity index is 1.17. The summed E-state index contributed by atoms with van der Waals surface area (Å²) < 4.78 is 17.6. The van der Waals surface area contributed by atoms with Crippen LogP contribution in [0.1, 0.15) is 29.1 Å². The summed E-state index contributed by atoms with van der Waals surface area (Å²) in [6.45, 7) is 3.31. The van der Waals surface area contributed by atoms with Crippen molar-refractivity contribution in [1.29, 1.82) is 0 Å². The molecule has 5 rings (SSSR count). The van der Waals surface area contributed by atoms with Crippen molar-refractivity contribution in [2.45, 2.75) is 19.4 Å². The maximum atomic E-state index is 13.0. The molecule has 2 aromatic heterocycles. The smallest absolute Gasteiger partial charge is 0.241 e. The van der Waals surface area contributed by atoms with E-state index < -0.39 is 0 Å². The average Bonchev–Trinajstić information content (AvgIpc) is 3.42. The molecule has 0 spiro atoms. The van der Waals surface area contributed by atoms with Crippen LogP contribution in [0, 0.1) is 5.92 Å². The predicted octanol–water partition coefficient (Wildman–Crippen LogP) is 4.43. The van der Waals surface area contributed by atoms with E-state index in [1.165, 1.54) is 0 Å². The second-order valence-electron chi connectivity index (χ2n) is 7.41. The van der Waals surface area contributed by atoms with Crippen molar-refractivity contribution in [2.75, 3.05) is 26.3 Å². The second kappa shape index (κ2) is 8.49. The van der Waals surface area contributed by atoms with Crippen molar-refractivity contribution in [3.05, 3.63) is 45.6 Å². The summed E-state index contributed by atoms with van der Waals surface area (Å²) in [5, 5.41) is 6.08. The zero-order chi connectivity index (χ0) is 20.5.